The van der Waals surface area contributed by atoms with Gasteiger partial charge in [0.05, 0.1) is 24.0 Å². The van der Waals surface area contributed by atoms with E-state index in [0.29, 0.717) is 30.1 Å². The number of carbonyl (C=O) groups excluding carboxylic acids is 2. The fraction of sp³-hybridized carbons (Fsp3) is 0.474. The van der Waals surface area contributed by atoms with E-state index in [2.05, 4.69) is 15.5 Å². The molecule has 0 aliphatic carbocycles. The van der Waals surface area contributed by atoms with Crippen molar-refractivity contribution >= 4 is 50.0 Å². The lowest BCUT2D eigenvalue weighted by atomic mass is 9.98. The van der Waals surface area contributed by atoms with Gasteiger partial charge in [-0.05, 0) is 38.2 Å². The van der Waals surface area contributed by atoms with E-state index in [1.165, 1.54) is 39.5 Å². The first-order valence-electron chi connectivity index (χ1n) is 9.76. The van der Waals surface area contributed by atoms with Crippen LogP contribution in [-0.2, 0) is 19.6 Å². The van der Waals surface area contributed by atoms with Gasteiger partial charge in [-0.1, -0.05) is 35.2 Å². The first kappa shape index (κ1) is 23.6. The minimum atomic E-state index is -3.76. The molecular formula is C19H24N4O5S3. The number of ketones is 1. The van der Waals surface area contributed by atoms with Crippen LogP contribution in [0.25, 0.3) is 0 Å². The van der Waals surface area contributed by atoms with Crippen molar-refractivity contribution in [1.29, 1.82) is 0 Å². The highest BCUT2D eigenvalue weighted by atomic mass is 32.2. The molecule has 1 aromatic carbocycles. The third-order valence-electron chi connectivity index (χ3n) is 4.85. The molecule has 1 N–H and O–H groups in total. The van der Waals surface area contributed by atoms with E-state index in [4.69, 9.17) is 4.74 Å². The summed E-state index contributed by atoms with van der Waals surface area (Å²) in [5.41, 5.74) is 0.296. The molecular weight excluding hydrogens is 460 g/mol. The molecule has 0 spiro atoms. The summed E-state index contributed by atoms with van der Waals surface area (Å²) in [6.45, 7) is 2.51. The molecule has 0 saturated carbocycles. The lowest BCUT2D eigenvalue weighted by Gasteiger charge is -2.30. The summed E-state index contributed by atoms with van der Waals surface area (Å²) in [4.78, 5) is 24.5. The number of Topliss-reactive ketones (excluding diaryl/α,β-unsaturated/α-hetero) is 1. The third kappa shape index (κ3) is 5.82. The van der Waals surface area contributed by atoms with Crippen molar-refractivity contribution in [3.8, 4) is 0 Å². The maximum Gasteiger partial charge on any atom is 0.309 e. The van der Waals surface area contributed by atoms with Crippen LogP contribution in [0.5, 0.6) is 0 Å². The highest BCUT2D eigenvalue weighted by molar-refractivity contribution is 8.00. The number of anilines is 1. The number of benzene rings is 1. The van der Waals surface area contributed by atoms with Crippen molar-refractivity contribution in [3.63, 3.8) is 0 Å². The van der Waals surface area contributed by atoms with Crippen LogP contribution in [0.2, 0.25) is 0 Å². The first-order valence-corrected chi connectivity index (χ1v) is 13.2. The minimum absolute atomic E-state index is 0.0164. The second-order valence-electron chi connectivity index (χ2n) is 6.81. The van der Waals surface area contributed by atoms with Gasteiger partial charge >= 0.3 is 5.97 Å². The van der Waals surface area contributed by atoms with Crippen LogP contribution in [0.3, 0.4) is 0 Å². The summed E-state index contributed by atoms with van der Waals surface area (Å²) in [7, 11) is -3.76. The Labute approximate surface area is 189 Å². The zero-order valence-electron chi connectivity index (χ0n) is 17.2. The van der Waals surface area contributed by atoms with Gasteiger partial charge in [-0.3, -0.25) is 9.59 Å². The van der Waals surface area contributed by atoms with E-state index >= 15 is 0 Å². The van der Waals surface area contributed by atoms with Crippen molar-refractivity contribution in [1.82, 2.24) is 14.5 Å². The molecule has 0 unspecified atom stereocenters. The Bertz CT molecular complexity index is 1030. The van der Waals surface area contributed by atoms with Gasteiger partial charge in [0.1, 0.15) is 0 Å². The zero-order valence-corrected chi connectivity index (χ0v) is 19.7. The van der Waals surface area contributed by atoms with Gasteiger partial charge in [-0.2, -0.15) is 4.31 Å². The number of ether oxygens (including phenoxy) is 1. The summed E-state index contributed by atoms with van der Waals surface area (Å²) in [6.07, 6.45) is 2.72. The molecule has 3 rings (SSSR count). The van der Waals surface area contributed by atoms with Gasteiger partial charge in [0.2, 0.25) is 15.2 Å². The molecule has 9 nitrogen and oxygen atoms in total. The van der Waals surface area contributed by atoms with Crippen LogP contribution in [-0.4, -0.2) is 67.2 Å². The second kappa shape index (κ2) is 10.5. The number of hydrogen-bond acceptors (Lipinski definition) is 10. The van der Waals surface area contributed by atoms with E-state index in [1.807, 2.05) is 6.26 Å². The van der Waals surface area contributed by atoms with Crippen LogP contribution in [0, 0.1) is 5.92 Å². The molecule has 31 heavy (non-hydrogen) atoms. The normalized spacial score (nSPS) is 15.5. The second-order valence-corrected chi connectivity index (χ2v) is 10.8. The summed E-state index contributed by atoms with van der Waals surface area (Å²) in [5.74, 6) is -0.809. The Hall–Kier alpha value is -2.02. The maximum absolute atomic E-state index is 13.0. The fourth-order valence-electron chi connectivity index (χ4n) is 3.19. The van der Waals surface area contributed by atoms with E-state index in [1.54, 1.807) is 19.1 Å². The van der Waals surface area contributed by atoms with E-state index in [0.717, 1.165) is 4.34 Å². The van der Waals surface area contributed by atoms with Crippen LogP contribution in [0.1, 0.15) is 30.1 Å². The Balaban J connectivity index is 1.64. The number of thioether (sulfide) groups is 1. The number of carbonyl (C=O) groups is 2. The average Bonchev–Trinajstić information content (AvgIpc) is 3.26. The Morgan fingerprint density at radius 1 is 1.29 bits per heavy atom. The molecule has 0 bridgehead atoms. The van der Waals surface area contributed by atoms with Crippen LogP contribution in [0.15, 0.2) is 33.5 Å². The standard InChI is InChI=1S/C19H24N4O5S3/c1-3-28-17(25)13-7-9-23(10-8-13)31(26,27)15-6-4-5-14(11-15)16(24)12-20-18-21-22-19(29-2)30-18/h4-6,11,13H,3,7-10,12H2,1-2H3,(H,20,21). The molecule has 1 fully saturated rings. The van der Waals surface area contributed by atoms with Gasteiger partial charge in [-0.15, -0.1) is 10.2 Å². The van der Waals surface area contributed by atoms with E-state index < -0.39 is 10.0 Å². The number of esters is 1. The number of nitrogens with zero attached hydrogens (tertiary/aromatic N) is 3. The molecule has 1 saturated heterocycles. The minimum Gasteiger partial charge on any atom is -0.466 e. The van der Waals surface area contributed by atoms with Crippen LogP contribution in [0.4, 0.5) is 5.13 Å². The number of nitrogens with one attached hydrogen (secondary N) is 1. The zero-order chi connectivity index (χ0) is 22.4. The molecule has 2 aromatic rings. The predicted octanol–water partition coefficient (Wildman–Crippen LogP) is 2.52. The Morgan fingerprint density at radius 3 is 2.68 bits per heavy atom. The number of aromatic nitrogens is 2. The predicted molar refractivity (Wildman–Crippen MR) is 119 cm³/mol. The molecule has 1 aliphatic heterocycles. The highest BCUT2D eigenvalue weighted by Crippen LogP contribution is 2.26. The Morgan fingerprint density at radius 2 is 2.03 bits per heavy atom. The fourth-order valence-corrected chi connectivity index (χ4v) is 5.87. The lowest BCUT2D eigenvalue weighted by Crippen LogP contribution is -2.40. The van der Waals surface area contributed by atoms with Gasteiger partial charge < -0.3 is 10.1 Å². The quantitative estimate of drug-likeness (QED) is 0.325. The third-order valence-corrected chi connectivity index (χ3v) is 8.60. The number of piperidine rings is 1. The maximum atomic E-state index is 13.0. The SMILES string of the molecule is CCOC(=O)C1CCN(S(=O)(=O)c2cccc(C(=O)CNc3nnc(SC)s3)c2)CC1. The lowest BCUT2D eigenvalue weighted by molar-refractivity contribution is -0.149. The monoisotopic (exact) mass is 484 g/mol. The largest absolute Gasteiger partial charge is 0.466 e. The van der Waals surface area contributed by atoms with Crippen LogP contribution >= 0.6 is 23.1 Å². The Kier molecular flexibility index (Phi) is 8.03. The first-order chi connectivity index (χ1) is 14.8. The highest BCUT2D eigenvalue weighted by Gasteiger charge is 2.33. The van der Waals surface area contributed by atoms with Gasteiger partial charge in [0.25, 0.3) is 0 Å². The molecule has 1 aromatic heterocycles. The van der Waals surface area contributed by atoms with Crippen molar-refractivity contribution in [2.45, 2.75) is 29.0 Å². The summed E-state index contributed by atoms with van der Waals surface area (Å²) < 4.78 is 33.3. The van der Waals surface area contributed by atoms with E-state index in [-0.39, 0.29) is 42.2 Å². The number of sulfonamides is 1. The van der Waals surface area contributed by atoms with Crippen LogP contribution < -0.4 is 5.32 Å². The smallest absolute Gasteiger partial charge is 0.309 e. The molecule has 168 valence electrons. The average molecular weight is 485 g/mol. The molecule has 2 heterocycles. The summed E-state index contributed by atoms with van der Waals surface area (Å²) in [5, 5.41) is 11.4. The summed E-state index contributed by atoms with van der Waals surface area (Å²) >= 11 is 2.81. The number of hydrogen-bond donors (Lipinski definition) is 1. The topological polar surface area (TPSA) is 119 Å². The van der Waals surface area contributed by atoms with Gasteiger partial charge in [0, 0.05) is 18.7 Å². The van der Waals surface area contributed by atoms with Gasteiger partial charge in [0.15, 0.2) is 10.1 Å². The van der Waals surface area contributed by atoms with Crippen molar-refractivity contribution in [3.05, 3.63) is 29.8 Å². The van der Waals surface area contributed by atoms with Gasteiger partial charge in [-0.25, -0.2) is 8.42 Å². The molecule has 1 aliphatic rings. The summed E-state index contributed by atoms with van der Waals surface area (Å²) in [6, 6.07) is 6.02. The number of rotatable bonds is 9. The van der Waals surface area contributed by atoms with Crippen molar-refractivity contribution < 1.29 is 22.7 Å². The van der Waals surface area contributed by atoms with E-state index in [9.17, 15) is 18.0 Å². The molecule has 0 amide bonds. The molecule has 0 radical (unpaired) electrons. The van der Waals surface area contributed by atoms with Crippen molar-refractivity contribution in [2.75, 3.05) is 37.8 Å². The van der Waals surface area contributed by atoms with Crippen molar-refractivity contribution in [2.24, 2.45) is 5.92 Å². The molecule has 0 atom stereocenters. The molecule has 12 heteroatoms.